The summed E-state index contributed by atoms with van der Waals surface area (Å²) in [5.41, 5.74) is 1.83. The van der Waals surface area contributed by atoms with E-state index in [1.165, 1.54) is 13.2 Å². The van der Waals surface area contributed by atoms with Crippen LogP contribution in [0, 0.1) is 0 Å². The number of hydrogen-bond acceptors (Lipinski definition) is 5. The van der Waals surface area contributed by atoms with E-state index >= 15 is 0 Å². The van der Waals surface area contributed by atoms with Crippen LogP contribution < -0.4 is 10.1 Å². The van der Waals surface area contributed by atoms with Gasteiger partial charge in [-0.3, -0.25) is 4.79 Å². The number of carbonyl (C=O) groups is 2. The molecule has 1 amide bonds. The number of esters is 1. The van der Waals surface area contributed by atoms with Crippen molar-refractivity contribution in [3.05, 3.63) is 77.9 Å². The number of benzene rings is 1. The summed E-state index contributed by atoms with van der Waals surface area (Å²) in [6, 6.07) is 13.9. The molecule has 1 N–H and O–H groups in total. The lowest BCUT2D eigenvalue weighted by molar-refractivity contribution is -0.114. The number of ether oxygens (including phenoxy) is 1. The lowest BCUT2D eigenvalue weighted by Crippen LogP contribution is -2.07. The zero-order chi connectivity index (χ0) is 18.4. The molecule has 0 radical (unpaired) electrons. The van der Waals surface area contributed by atoms with Crippen LogP contribution in [0.1, 0.15) is 28.6 Å². The number of aromatic nitrogens is 1. The van der Waals surface area contributed by atoms with Crippen molar-refractivity contribution in [3.63, 3.8) is 0 Å². The highest BCUT2D eigenvalue weighted by Gasteiger charge is 2.10. The first-order chi connectivity index (χ1) is 12.6. The second kappa shape index (κ2) is 7.94. The third-order valence-electron chi connectivity index (χ3n) is 3.37. The molecule has 130 valence electrons. The molecule has 0 aliphatic rings. The van der Waals surface area contributed by atoms with Crippen molar-refractivity contribution in [2.75, 3.05) is 5.32 Å². The molecule has 2 heterocycles. The minimum absolute atomic E-state index is 0.154. The number of rotatable bonds is 5. The summed E-state index contributed by atoms with van der Waals surface area (Å²) in [6.45, 7) is 1.43. The van der Waals surface area contributed by atoms with E-state index in [9.17, 15) is 9.59 Å². The molecule has 0 bridgehead atoms. The van der Waals surface area contributed by atoms with Gasteiger partial charge in [0.15, 0.2) is 0 Å². The molecule has 0 atom stereocenters. The number of nitrogens with one attached hydrogen (secondary N) is 1. The van der Waals surface area contributed by atoms with E-state index in [1.807, 2.05) is 30.4 Å². The SMILES string of the molecule is CC(=O)Nc1cc(/C=C/c2ccc(OC(=O)c3ccco3)cc2)ccn1. The summed E-state index contributed by atoms with van der Waals surface area (Å²) >= 11 is 0. The number of anilines is 1. The molecule has 0 saturated carbocycles. The largest absolute Gasteiger partial charge is 0.457 e. The summed E-state index contributed by atoms with van der Waals surface area (Å²) < 4.78 is 10.2. The molecule has 3 rings (SSSR count). The van der Waals surface area contributed by atoms with Crippen LogP contribution in [0.4, 0.5) is 5.82 Å². The van der Waals surface area contributed by atoms with Crippen LogP contribution in [-0.2, 0) is 4.79 Å². The Morgan fingerprint density at radius 3 is 2.54 bits per heavy atom. The van der Waals surface area contributed by atoms with Crippen molar-refractivity contribution in [1.29, 1.82) is 0 Å². The zero-order valence-electron chi connectivity index (χ0n) is 14.0. The second-order valence-electron chi connectivity index (χ2n) is 5.42. The first kappa shape index (κ1) is 17.2. The van der Waals surface area contributed by atoms with E-state index < -0.39 is 5.97 Å². The van der Waals surface area contributed by atoms with Crippen LogP contribution in [0.5, 0.6) is 5.75 Å². The third-order valence-corrected chi connectivity index (χ3v) is 3.37. The van der Waals surface area contributed by atoms with Gasteiger partial charge in [0.1, 0.15) is 11.6 Å². The molecule has 26 heavy (non-hydrogen) atoms. The molecule has 0 saturated heterocycles. The third kappa shape index (κ3) is 4.67. The predicted octanol–water partition coefficient (Wildman–Crippen LogP) is 4.02. The van der Waals surface area contributed by atoms with E-state index in [-0.39, 0.29) is 11.7 Å². The maximum Gasteiger partial charge on any atom is 0.379 e. The summed E-state index contributed by atoms with van der Waals surface area (Å²) in [4.78, 5) is 27.0. The summed E-state index contributed by atoms with van der Waals surface area (Å²) in [6.07, 6.45) is 6.85. The molecule has 0 spiro atoms. The number of furan rings is 1. The fourth-order valence-corrected chi connectivity index (χ4v) is 2.19. The summed E-state index contributed by atoms with van der Waals surface area (Å²) in [7, 11) is 0. The molecule has 3 aromatic rings. The Balaban J connectivity index is 1.64. The van der Waals surface area contributed by atoms with E-state index in [0.29, 0.717) is 11.6 Å². The minimum Gasteiger partial charge on any atom is -0.457 e. The Hall–Kier alpha value is -3.67. The number of carbonyl (C=O) groups excluding carboxylic acids is 2. The van der Waals surface area contributed by atoms with Gasteiger partial charge in [-0.1, -0.05) is 24.3 Å². The van der Waals surface area contributed by atoms with Gasteiger partial charge in [-0.05, 0) is 47.5 Å². The maximum atomic E-state index is 11.8. The van der Waals surface area contributed by atoms with Crippen LogP contribution >= 0.6 is 0 Å². The van der Waals surface area contributed by atoms with E-state index in [0.717, 1.165) is 11.1 Å². The quantitative estimate of drug-likeness (QED) is 0.556. The fourth-order valence-electron chi connectivity index (χ4n) is 2.19. The average Bonchev–Trinajstić information content (AvgIpc) is 3.16. The Morgan fingerprint density at radius 1 is 1.08 bits per heavy atom. The molecule has 1 aromatic carbocycles. The lowest BCUT2D eigenvalue weighted by atomic mass is 10.1. The monoisotopic (exact) mass is 348 g/mol. The molecular formula is C20H16N2O4. The first-order valence-corrected chi connectivity index (χ1v) is 7.87. The Bertz CT molecular complexity index is 929. The van der Waals surface area contributed by atoms with Crippen LogP contribution in [0.3, 0.4) is 0 Å². The maximum absolute atomic E-state index is 11.8. The van der Waals surface area contributed by atoms with Gasteiger partial charge in [0.25, 0.3) is 0 Å². The van der Waals surface area contributed by atoms with Crippen LogP contribution in [0.15, 0.2) is 65.4 Å². The van der Waals surface area contributed by atoms with Crippen molar-refractivity contribution < 1.29 is 18.7 Å². The van der Waals surface area contributed by atoms with Gasteiger partial charge in [-0.15, -0.1) is 0 Å². The standard InChI is InChI=1S/C20H16N2O4/c1-14(23)22-19-13-16(10-11-21-19)5-4-15-6-8-17(9-7-15)26-20(24)18-3-2-12-25-18/h2-13H,1H3,(H,21,22,23)/b5-4+. The van der Waals surface area contributed by atoms with Crippen molar-refractivity contribution in [2.24, 2.45) is 0 Å². The molecule has 0 aliphatic heterocycles. The Kier molecular flexibility index (Phi) is 5.24. The minimum atomic E-state index is -0.541. The summed E-state index contributed by atoms with van der Waals surface area (Å²) in [5.74, 6) is 0.376. The van der Waals surface area contributed by atoms with Crippen LogP contribution in [0.25, 0.3) is 12.2 Å². The van der Waals surface area contributed by atoms with Gasteiger partial charge in [0, 0.05) is 13.1 Å². The number of amides is 1. The first-order valence-electron chi connectivity index (χ1n) is 7.87. The molecule has 6 nitrogen and oxygen atoms in total. The van der Waals surface area contributed by atoms with Gasteiger partial charge in [0.2, 0.25) is 11.7 Å². The second-order valence-corrected chi connectivity index (χ2v) is 5.42. The van der Waals surface area contributed by atoms with Gasteiger partial charge < -0.3 is 14.5 Å². The number of pyridine rings is 1. The molecular weight excluding hydrogens is 332 g/mol. The van der Waals surface area contributed by atoms with Crippen LogP contribution in [0.2, 0.25) is 0 Å². The van der Waals surface area contributed by atoms with E-state index in [4.69, 9.17) is 9.15 Å². The highest BCUT2D eigenvalue weighted by molar-refractivity contribution is 5.88. The average molecular weight is 348 g/mol. The topological polar surface area (TPSA) is 81.4 Å². The van der Waals surface area contributed by atoms with Crippen molar-refractivity contribution in [1.82, 2.24) is 4.98 Å². The molecule has 0 fully saturated rings. The lowest BCUT2D eigenvalue weighted by Gasteiger charge is -2.03. The molecule has 0 aliphatic carbocycles. The van der Waals surface area contributed by atoms with E-state index in [2.05, 4.69) is 10.3 Å². The number of hydrogen-bond donors (Lipinski definition) is 1. The smallest absolute Gasteiger partial charge is 0.379 e. The van der Waals surface area contributed by atoms with Crippen molar-refractivity contribution in [3.8, 4) is 5.75 Å². The zero-order valence-corrected chi connectivity index (χ0v) is 14.0. The predicted molar refractivity (Wildman–Crippen MR) is 97.6 cm³/mol. The fraction of sp³-hybridized carbons (Fsp3) is 0.0500. The highest BCUT2D eigenvalue weighted by atomic mass is 16.5. The molecule has 6 heteroatoms. The van der Waals surface area contributed by atoms with Gasteiger partial charge >= 0.3 is 5.97 Å². The van der Waals surface area contributed by atoms with E-state index in [1.54, 1.807) is 36.5 Å². The Morgan fingerprint density at radius 2 is 1.85 bits per heavy atom. The molecule has 2 aromatic heterocycles. The molecule has 0 unspecified atom stereocenters. The van der Waals surface area contributed by atoms with Gasteiger partial charge in [0.05, 0.1) is 6.26 Å². The van der Waals surface area contributed by atoms with Gasteiger partial charge in [-0.25, -0.2) is 9.78 Å². The van der Waals surface area contributed by atoms with Crippen molar-refractivity contribution in [2.45, 2.75) is 6.92 Å². The summed E-state index contributed by atoms with van der Waals surface area (Å²) in [5, 5.41) is 2.64. The normalized spacial score (nSPS) is 10.7. The van der Waals surface area contributed by atoms with Crippen molar-refractivity contribution >= 4 is 29.8 Å². The Labute approximate surface area is 150 Å². The number of nitrogens with zero attached hydrogens (tertiary/aromatic N) is 1. The van der Waals surface area contributed by atoms with Crippen LogP contribution in [-0.4, -0.2) is 16.9 Å². The highest BCUT2D eigenvalue weighted by Crippen LogP contribution is 2.17. The van der Waals surface area contributed by atoms with Gasteiger partial charge in [-0.2, -0.15) is 0 Å².